The number of carbonyl (C=O) groups excluding carboxylic acids is 1. The first kappa shape index (κ1) is 21.9. The summed E-state index contributed by atoms with van der Waals surface area (Å²) in [6.45, 7) is 2.30. The monoisotopic (exact) mass is 517 g/mol. The number of rotatable bonds is 6. The molecule has 0 saturated carbocycles. The number of carbonyl (C=O) groups is 1. The molecule has 2 heterocycles. The SMILES string of the molecule is CCc1nnc([C@@H]2C(=N)S/C(=C\c3ccc(OCc4ccc(F)cc4)c(Br)c3)C2=O)s1. The van der Waals surface area contributed by atoms with Gasteiger partial charge in [-0.1, -0.05) is 36.9 Å². The van der Waals surface area contributed by atoms with E-state index in [1.54, 1.807) is 18.2 Å². The van der Waals surface area contributed by atoms with Crippen molar-refractivity contribution in [1.82, 2.24) is 10.2 Å². The maximum atomic E-state index is 13.0. The van der Waals surface area contributed by atoms with Crippen LogP contribution in [0, 0.1) is 11.2 Å². The van der Waals surface area contributed by atoms with Crippen LogP contribution in [0.1, 0.15) is 34.0 Å². The zero-order valence-corrected chi connectivity index (χ0v) is 19.6. The Balaban J connectivity index is 1.48. The molecule has 1 aromatic heterocycles. The molecule has 4 rings (SSSR count). The summed E-state index contributed by atoms with van der Waals surface area (Å²) in [5, 5.41) is 18.1. The zero-order chi connectivity index (χ0) is 22.0. The Hall–Kier alpha value is -2.36. The van der Waals surface area contributed by atoms with E-state index in [1.165, 1.54) is 23.5 Å². The third-order valence-corrected chi connectivity index (χ3v) is 7.33. The van der Waals surface area contributed by atoms with Crippen molar-refractivity contribution < 1.29 is 13.9 Å². The van der Waals surface area contributed by atoms with Gasteiger partial charge in [-0.25, -0.2) is 4.39 Å². The van der Waals surface area contributed by atoms with Gasteiger partial charge in [-0.05, 0) is 63.8 Å². The van der Waals surface area contributed by atoms with E-state index in [1.807, 2.05) is 25.1 Å². The molecule has 1 saturated heterocycles. The quantitative estimate of drug-likeness (QED) is 0.405. The second kappa shape index (κ2) is 9.42. The number of benzene rings is 2. The number of allylic oxidation sites excluding steroid dienone is 1. The maximum Gasteiger partial charge on any atom is 0.186 e. The van der Waals surface area contributed by atoms with Crippen molar-refractivity contribution in [3.63, 3.8) is 0 Å². The minimum absolute atomic E-state index is 0.124. The van der Waals surface area contributed by atoms with E-state index < -0.39 is 5.92 Å². The summed E-state index contributed by atoms with van der Waals surface area (Å²) in [4.78, 5) is 13.4. The highest BCUT2D eigenvalue weighted by Crippen LogP contribution is 2.41. The third-order valence-electron chi connectivity index (χ3n) is 4.58. The molecule has 31 heavy (non-hydrogen) atoms. The summed E-state index contributed by atoms with van der Waals surface area (Å²) >= 11 is 6.05. The Kier molecular flexibility index (Phi) is 6.64. The summed E-state index contributed by atoms with van der Waals surface area (Å²) < 4.78 is 19.6. The molecule has 0 spiro atoms. The van der Waals surface area contributed by atoms with Gasteiger partial charge in [0.05, 0.1) is 14.4 Å². The highest BCUT2D eigenvalue weighted by atomic mass is 79.9. The second-order valence-electron chi connectivity index (χ2n) is 6.76. The number of ether oxygens (including phenoxy) is 1. The van der Waals surface area contributed by atoms with E-state index in [-0.39, 0.29) is 16.6 Å². The van der Waals surface area contributed by atoms with Crippen LogP contribution in [0.4, 0.5) is 4.39 Å². The summed E-state index contributed by atoms with van der Waals surface area (Å²) in [6, 6.07) is 11.7. The van der Waals surface area contributed by atoms with Gasteiger partial charge >= 0.3 is 0 Å². The van der Waals surface area contributed by atoms with Crippen LogP contribution in [0.15, 0.2) is 51.8 Å². The molecule has 2 aromatic carbocycles. The number of nitrogens with one attached hydrogen (secondary N) is 1. The van der Waals surface area contributed by atoms with Gasteiger partial charge in [-0.15, -0.1) is 21.5 Å². The molecule has 1 aliphatic heterocycles. The van der Waals surface area contributed by atoms with Crippen LogP contribution in [0.3, 0.4) is 0 Å². The van der Waals surface area contributed by atoms with Crippen molar-refractivity contribution in [3.05, 3.63) is 78.8 Å². The molecule has 1 fully saturated rings. The van der Waals surface area contributed by atoms with Gasteiger partial charge in [0, 0.05) is 0 Å². The van der Waals surface area contributed by atoms with Crippen LogP contribution in [0.2, 0.25) is 0 Å². The molecule has 0 unspecified atom stereocenters. The Morgan fingerprint density at radius 2 is 2.00 bits per heavy atom. The fourth-order valence-electron chi connectivity index (χ4n) is 2.96. The van der Waals surface area contributed by atoms with Crippen LogP contribution in [0.5, 0.6) is 5.75 Å². The van der Waals surface area contributed by atoms with Gasteiger partial charge in [-0.2, -0.15) is 0 Å². The van der Waals surface area contributed by atoms with Crippen molar-refractivity contribution in [2.75, 3.05) is 0 Å². The fourth-order valence-corrected chi connectivity index (χ4v) is 5.42. The predicted molar refractivity (Wildman–Crippen MR) is 125 cm³/mol. The number of hydrogen-bond donors (Lipinski definition) is 1. The summed E-state index contributed by atoms with van der Waals surface area (Å²) in [6.07, 6.45) is 2.53. The molecule has 0 radical (unpaired) electrons. The molecule has 5 nitrogen and oxygen atoms in total. The van der Waals surface area contributed by atoms with Crippen LogP contribution >= 0.6 is 39.0 Å². The molecule has 0 amide bonds. The van der Waals surface area contributed by atoms with Gasteiger partial charge in [0.1, 0.15) is 34.1 Å². The number of Topliss-reactive ketones (excluding diaryl/α,β-unsaturated/α-hetero) is 1. The molecule has 0 aliphatic carbocycles. The highest BCUT2D eigenvalue weighted by Gasteiger charge is 2.39. The summed E-state index contributed by atoms with van der Waals surface area (Å²) in [7, 11) is 0. The first-order chi connectivity index (χ1) is 14.9. The van der Waals surface area contributed by atoms with Gasteiger partial charge in [0.2, 0.25) is 0 Å². The Morgan fingerprint density at radius 3 is 2.68 bits per heavy atom. The Bertz CT molecular complexity index is 1180. The first-order valence-corrected chi connectivity index (χ1v) is 11.9. The van der Waals surface area contributed by atoms with Crippen molar-refractivity contribution in [1.29, 1.82) is 5.41 Å². The van der Waals surface area contributed by atoms with Crippen molar-refractivity contribution in [2.24, 2.45) is 0 Å². The van der Waals surface area contributed by atoms with E-state index in [2.05, 4.69) is 26.1 Å². The van der Waals surface area contributed by atoms with E-state index in [0.717, 1.165) is 38.8 Å². The Morgan fingerprint density at radius 1 is 1.23 bits per heavy atom. The zero-order valence-electron chi connectivity index (χ0n) is 16.4. The molecule has 9 heteroatoms. The number of halogens is 2. The molecule has 1 aliphatic rings. The number of thioether (sulfide) groups is 1. The average molecular weight is 518 g/mol. The topological polar surface area (TPSA) is 75.9 Å². The molecule has 1 atom stereocenters. The molecule has 0 bridgehead atoms. The molecule has 3 aromatic rings. The number of hydrogen-bond acceptors (Lipinski definition) is 7. The largest absolute Gasteiger partial charge is 0.488 e. The number of ketones is 1. The molecular formula is C22H17BrFN3O2S2. The predicted octanol–water partition coefficient (Wildman–Crippen LogP) is 6.00. The lowest BCUT2D eigenvalue weighted by Gasteiger charge is -2.09. The maximum absolute atomic E-state index is 13.0. The number of nitrogens with zero attached hydrogens (tertiary/aromatic N) is 2. The smallest absolute Gasteiger partial charge is 0.186 e. The van der Waals surface area contributed by atoms with Gasteiger partial charge in [0.25, 0.3) is 0 Å². The van der Waals surface area contributed by atoms with Gasteiger partial charge in [-0.3, -0.25) is 10.2 Å². The highest BCUT2D eigenvalue weighted by molar-refractivity contribution is 9.10. The average Bonchev–Trinajstić information content (AvgIpc) is 3.32. The number of aromatic nitrogens is 2. The minimum atomic E-state index is -0.657. The summed E-state index contributed by atoms with van der Waals surface area (Å²) in [5.41, 5.74) is 1.68. The fraction of sp³-hybridized carbons (Fsp3) is 0.182. The number of aryl methyl sites for hydroxylation is 1. The lowest BCUT2D eigenvalue weighted by molar-refractivity contribution is -0.114. The summed E-state index contributed by atoms with van der Waals surface area (Å²) in [5.74, 6) is -0.422. The lowest BCUT2D eigenvalue weighted by Crippen LogP contribution is -2.11. The van der Waals surface area contributed by atoms with Crippen LogP contribution in [0.25, 0.3) is 6.08 Å². The van der Waals surface area contributed by atoms with Crippen molar-refractivity contribution in [3.8, 4) is 5.75 Å². The normalized spacial score (nSPS) is 17.5. The van der Waals surface area contributed by atoms with Gasteiger partial charge < -0.3 is 4.74 Å². The van der Waals surface area contributed by atoms with E-state index in [0.29, 0.717) is 22.3 Å². The van der Waals surface area contributed by atoms with Crippen molar-refractivity contribution in [2.45, 2.75) is 25.9 Å². The third kappa shape index (κ3) is 4.94. The van der Waals surface area contributed by atoms with E-state index in [9.17, 15) is 9.18 Å². The van der Waals surface area contributed by atoms with Gasteiger partial charge in [0.15, 0.2) is 5.78 Å². The first-order valence-electron chi connectivity index (χ1n) is 9.46. The van der Waals surface area contributed by atoms with Crippen LogP contribution < -0.4 is 4.74 Å². The standard InChI is InChI=1S/C22H17BrFN3O2S2/c1-2-18-26-27-22(31-18)19-20(28)17(30-21(19)25)10-13-5-8-16(15(23)9-13)29-11-12-3-6-14(24)7-4-12/h3-10,19,25H,2,11H2,1H3/b17-10-,25-21?/t19-/m0/s1. The molecule has 158 valence electrons. The van der Waals surface area contributed by atoms with Crippen LogP contribution in [-0.4, -0.2) is 21.0 Å². The van der Waals surface area contributed by atoms with E-state index in [4.69, 9.17) is 10.1 Å². The lowest BCUT2D eigenvalue weighted by atomic mass is 10.1. The van der Waals surface area contributed by atoms with Crippen LogP contribution in [-0.2, 0) is 17.8 Å². The Labute approximate surface area is 195 Å². The minimum Gasteiger partial charge on any atom is -0.488 e. The molecule has 1 N–H and O–H groups in total. The molecular weight excluding hydrogens is 501 g/mol. The van der Waals surface area contributed by atoms with E-state index >= 15 is 0 Å². The second-order valence-corrected chi connectivity index (χ2v) is 9.80. The van der Waals surface area contributed by atoms with Crippen molar-refractivity contribution >= 4 is 55.9 Å².